The number of ether oxygens (including phenoxy) is 1. The van der Waals surface area contributed by atoms with Crippen molar-refractivity contribution in [2.24, 2.45) is 5.73 Å². The molecule has 2 heterocycles. The summed E-state index contributed by atoms with van der Waals surface area (Å²) in [5, 5.41) is 9.09. The van der Waals surface area contributed by atoms with Gasteiger partial charge in [-0.05, 0) is 37.5 Å². The third kappa shape index (κ3) is 4.69. The summed E-state index contributed by atoms with van der Waals surface area (Å²) >= 11 is 0. The molecule has 6 nitrogen and oxygen atoms in total. The van der Waals surface area contributed by atoms with E-state index < -0.39 is 5.91 Å². The van der Waals surface area contributed by atoms with E-state index >= 15 is 0 Å². The van der Waals surface area contributed by atoms with Crippen molar-refractivity contribution >= 4 is 5.91 Å². The standard InChI is InChI=1S/C23H30N4O2/c1-3-5-20-22(19-8-6-18(16-24)7-9-19)21(23(25)28)17(2)27(20)11-4-10-26-12-14-29-15-13-26/h6-9H,3-5,10-15H2,1-2H3,(H2,25,28). The van der Waals surface area contributed by atoms with Gasteiger partial charge in [0.15, 0.2) is 0 Å². The smallest absolute Gasteiger partial charge is 0.251 e. The minimum atomic E-state index is -0.397. The first kappa shape index (κ1) is 21.1. The summed E-state index contributed by atoms with van der Waals surface area (Å²) in [5.41, 5.74) is 11.0. The molecule has 1 aromatic carbocycles. The number of amides is 1. The number of nitrogens with two attached hydrogens (primary N) is 1. The van der Waals surface area contributed by atoms with Crippen molar-refractivity contribution in [3.8, 4) is 17.2 Å². The summed E-state index contributed by atoms with van der Waals surface area (Å²) < 4.78 is 7.70. The second-order valence-corrected chi connectivity index (χ2v) is 7.54. The van der Waals surface area contributed by atoms with Crippen LogP contribution in [0.5, 0.6) is 0 Å². The molecule has 2 aromatic rings. The molecule has 1 aliphatic heterocycles. The molecule has 2 N–H and O–H groups in total. The molecule has 0 aliphatic carbocycles. The van der Waals surface area contributed by atoms with Gasteiger partial charge in [-0.15, -0.1) is 0 Å². The normalized spacial score (nSPS) is 14.7. The van der Waals surface area contributed by atoms with Crippen molar-refractivity contribution in [3.05, 3.63) is 46.8 Å². The first-order valence-electron chi connectivity index (χ1n) is 10.4. The van der Waals surface area contributed by atoms with Gasteiger partial charge in [-0.2, -0.15) is 5.26 Å². The molecule has 1 aliphatic rings. The molecule has 0 bridgehead atoms. The molecule has 1 fully saturated rings. The van der Waals surface area contributed by atoms with E-state index in [-0.39, 0.29) is 0 Å². The van der Waals surface area contributed by atoms with E-state index in [0.717, 1.165) is 81.2 Å². The molecule has 0 spiro atoms. The number of aromatic nitrogens is 1. The molecule has 0 unspecified atom stereocenters. The molecule has 1 aromatic heterocycles. The van der Waals surface area contributed by atoms with Crippen LogP contribution >= 0.6 is 0 Å². The van der Waals surface area contributed by atoms with Crippen LogP contribution in [0.3, 0.4) is 0 Å². The molecule has 154 valence electrons. The number of carbonyl (C=O) groups is 1. The fourth-order valence-electron chi connectivity index (χ4n) is 4.20. The van der Waals surface area contributed by atoms with E-state index in [1.807, 2.05) is 19.1 Å². The highest BCUT2D eigenvalue weighted by atomic mass is 16.5. The molecular weight excluding hydrogens is 364 g/mol. The Morgan fingerprint density at radius 2 is 1.90 bits per heavy atom. The number of rotatable bonds is 8. The highest BCUT2D eigenvalue weighted by Gasteiger charge is 2.24. The second kappa shape index (κ2) is 9.73. The van der Waals surface area contributed by atoms with Gasteiger partial charge in [0.25, 0.3) is 5.91 Å². The Morgan fingerprint density at radius 3 is 2.48 bits per heavy atom. The van der Waals surface area contributed by atoms with E-state index in [2.05, 4.69) is 22.5 Å². The van der Waals surface area contributed by atoms with E-state index in [4.69, 9.17) is 15.7 Å². The number of morpholine rings is 1. The van der Waals surface area contributed by atoms with Crippen LogP contribution in [0.4, 0.5) is 0 Å². The summed E-state index contributed by atoms with van der Waals surface area (Å²) in [5.74, 6) is -0.397. The molecule has 6 heteroatoms. The van der Waals surface area contributed by atoms with Crippen LogP contribution in [0, 0.1) is 18.3 Å². The average molecular weight is 395 g/mol. The first-order valence-corrected chi connectivity index (χ1v) is 10.4. The number of nitrogens with zero attached hydrogens (tertiary/aromatic N) is 3. The fraction of sp³-hybridized carbons (Fsp3) is 0.478. The van der Waals surface area contributed by atoms with Crippen molar-refractivity contribution in [2.75, 3.05) is 32.8 Å². The highest BCUT2D eigenvalue weighted by molar-refractivity contribution is 6.02. The zero-order valence-electron chi connectivity index (χ0n) is 17.4. The predicted molar refractivity (Wildman–Crippen MR) is 114 cm³/mol. The summed E-state index contributed by atoms with van der Waals surface area (Å²) in [4.78, 5) is 14.8. The van der Waals surface area contributed by atoms with Crippen LogP contribution in [0.15, 0.2) is 24.3 Å². The summed E-state index contributed by atoms with van der Waals surface area (Å²) in [6.07, 6.45) is 2.87. The Morgan fingerprint density at radius 1 is 1.21 bits per heavy atom. The Balaban J connectivity index is 1.94. The summed E-state index contributed by atoms with van der Waals surface area (Å²) in [6, 6.07) is 9.56. The van der Waals surface area contributed by atoms with Crippen LogP contribution in [-0.4, -0.2) is 48.2 Å². The maximum atomic E-state index is 12.4. The van der Waals surface area contributed by atoms with Gasteiger partial charge in [0.2, 0.25) is 0 Å². The predicted octanol–water partition coefficient (Wildman–Crippen LogP) is 3.11. The highest BCUT2D eigenvalue weighted by Crippen LogP contribution is 2.34. The summed E-state index contributed by atoms with van der Waals surface area (Å²) in [7, 11) is 0. The molecule has 3 rings (SSSR count). The van der Waals surface area contributed by atoms with Crippen molar-refractivity contribution in [1.82, 2.24) is 9.47 Å². The lowest BCUT2D eigenvalue weighted by Crippen LogP contribution is -2.37. The van der Waals surface area contributed by atoms with Gasteiger partial charge in [-0.3, -0.25) is 9.69 Å². The Bertz CT molecular complexity index is 887. The van der Waals surface area contributed by atoms with E-state index in [9.17, 15) is 4.79 Å². The second-order valence-electron chi connectivity index (χ2n) is 7.54. The molecule has 0 saturated carbocycles. The lowest BCUT2D eigenvalue weighted by molar-refractivity contribution is 0.0369. The van der Waals surface area contributed by atoms with Crippen molar-refractivity contribution in [2.45, 2.75) is 39.7 Å². The van der Waals surface area contributed by atoms with Gasteiger partial charge in [-0.25, -0.2) is 0 Å². The minimum Gasteiger partial charge on any atom is -0.379 e. The Kier molecular flexibility index (Phi) is 7.08. The van der Waals surface area contributed by atoms with E-state index in [0.29, 0.717) is 11.1 Å². The number of carbonyl (C=O) groups excluding carboxylic acids is 1. The Hall–Kier alpha value is -2.62. The molecule has 0 atom stereocenters. The third-order valence-corrected chi connectivity index (χ3v) is 5.63. The van der Waals surface area contributed by atoms with Crippen LogP contribution in [0.2, 0.25) is 0 Å². The number of hydrogen-bond acceptors (Lipinski definition) is 4. The van der Waals surface area contributed by atoms with Gasteiger partial charge in [0.1, 0.15) is 0 Å². The minimum absolute atomic E-state index is 0.397. The van der Waals surface area contributed by atoms with Crippen LogP contribution in [0.25, 0.3) is 11.1 Å². The number of hydrogen-bond donors (Lipinski definition) is 1. The quantitative estimate of drug-likeness (QED) is 0.746. The van der Waals surface area contributed by atoms with Gasteiger partial charge in [0, 0.05) is 43.1 Å². The molecule has 0 radical (unpaired) electrons. The SMILES string of the molecule is CCCc1c(-c2ccc(C#N)cc2)c(C(N)=O)c(C)n1CCCN1CCOCC1. The third-order valence-electron chi connectivity index (χ3n) is 5.63. The molecular formula is C23H30N4O2. The molecule has 29 heavy (non-hydrogen) atoms. The number of primary amides is 1. The zero-order valence-corrected chi connectivity index (χ0v) is 17.4. The lowest BCUT2D eigenvalue weighted by Gasteiger charge is -2.26. The zero-order chi connectivity index (χ0) is 20.8. The number of benzene rings is 1. The maximum absolute atomic E-state index is 12.4. The maximum Gasteiger partial charge on any atom is 0.251 e. The number of nitriles is 1. The van der Waals surface area contributed by atoms with E-state index in [1.54, 1.807) is 12.1 Å². The summed E-state index contributed by atoms with van der Waals surface area (Å²) in [6.45, 7) is 9.58. The van der Waals surface area contributed by atoms with Crippen molar-refractivity contribution < 1.29 is 9.53 Å². The topological polar surface area (TPSA) is 84.3 Å². The van der Waals surface area contributed by atoms with Crippen LogP contribution in [-0.2, 0) is 17.7 Å². The van der Waals surface area contributed by atoms with Gasteiger partial charge >= 0.3 is 0 Å². The first-order chi connectivity index (χ1) is 14.1. The van der Waals surface area contributed by atoms with Gasteiger partial charge in [0.05, 0.1) is 30.4 Å². The van der Waals surface area contributed by atoms with Crippen molar-refractivity contribution in [1.29, 1.82) is 5.26 Å². The van der Waals surface area contributed by atoms with Gasteiger partial charge in [-0.1, -0.05) is 25.5 Å². The monoisotopic (exact) mass is 394 g/mol. The van der Waals surface area contributed by atoms with Gasteiger partial charge < -0.3 is 15.0 Å². The Labute approximate surface area is 172 Å². The van der Waals surface area contributed by atoms with E-state index in [1.165, 1.54) is 0 Å². The lowest BCUT2D eigenvalue weighted by atomic mass is 9.97. The van der Waals surface area contributed by atoms with Crippen molar-refractivity contribution in [3.63, 3.8) is 0 Å². The van der Waals surface area contributed by atoms with Crippen LogP contribution in [0.1, 0.15) is 47.1 Å². The molecule has 1 saturated heterocycles. The average Bonchev–Trinajstić information content (AvgIpc) is 3.01. The molecule has 1 amide bonds. The fourth-order valence-corrected chi connectivity index (χ4v) is 4.20. The van der Waals surface area contributed by atoms with Crippen LogP contribution < -0.4 is 5.73 Å². The largest absolute Gasteiger partial charge is 0.379 e.